The van der Waals surface area contributed by atoms with Gasteiger partial charge in [-0.2, -0.15) is 0 Å². The standard InChI is InChI=1S/C58H73N8O10PSi2/c1-39-34-65(56(69)64-54(39)67)49-32-45(76-78(9,10)57(2,3)4)47(72-49)35-70-77(75-46(33-59-8)40-23-15-11-16-24-40)74-44-31-50(66-38-62-51-52(60-37-61-53(51)66)63-55(68)41-25-17-12-18-26-41)73-48(44)36-71-79(58(5,6)7,42-27-19-13-20-28-42)43-29-21-14-22-30-43/h11-30,34,37-38,44-50,59H,31-33,35-36H2,1-10H3,(H,64,67,69)(H,60,61,63,68)/t44-,45-,46-,47+,48+,49+,50+,77+/m0/s1. The number of nitrogens with zero attached hydrogens (tertiary/aromatic N) is 5. The smallest absolute Gasteiger partial charge is 0.333 e. The van der Waals surface area contributed by atoms with Gasteiger partial charge in [0.25, 0.3) is 19.8 Å². The van der Waals surface area contributed by atoms with Crippen molar-refractivity contribution in [2.75, 3.05) is 32.1 Å². The Morgan fingerprint density at radius 1 is 0.772 bits per heavy atom. The summed E-state index contributed by atoms with van der Waals surface area (Å²) in [5.74, 6) is -0.0805. The van der Waals surface area contributed by atoms with E-state index in [1.54, 1.807) is 37.5 Å². The minimum Gasteiger partial charge on any atom is -0.411 e. The number of hydrogen-bond donors (Lipinski definition) is 3. The Kier molecular flexibility index (Phi) is 17.9. The third kappa shape index (κ3) is 12.9. The molecule has 9 rings (SSSR count). The second-order valence-electron chi connectivity index (χ2n) is 22.7. The molecule has 2 fully saturated rings. The Morgan fingerprint density at radius 2 is 1.35 bits per heavy atom. The molecule has 3 aromatic heterocycles. The summed E-state index contributed by atoms with van der Waals surface area (Å²) in [7, 11) is -5.94. The van der Waals surface area contributed by atoms with Gasteiger partial charge in [-0.1, -0.05) is 151 Å². The molecule has 79 heavy (non-hydrogen) atoms. The number of ether oxygens (including phenoxy) is 2. The lowest BCUT2D eigenvalue weighted by Gasteiger charge is -2.43. The summed E-state index contributed by atoms with van der Waals surface area (Å²) in [5, 5.41) is 7.94. The molecule has 2 aliphatic rings. The topological polar surface area (TPSA) is 204 Å². The maximum absolute atomic E-state index is 13.4. The average molecular weight is 1130 g/mol. The Balaban J connectivity index is 1.09. The number of carbonyl (C=O) groups is 1. The first-order valence-corrected chi connectivity index (χ1v) is 32.7. The number of anilines is 1. The summed E-state index contributed by atoms with van der Waals surface area (Å²) in [6, 6.07) is 39.7. The summed E-state index contributed by atoms with van der Waals surface area (Å²) in [4.78, 5) is 55.5. The highest BCUT2D eigenvalue weighted by Crippen LogP contribution is 2.51. The zero-order valence-electron chi connectivity index (χ0n) is 46.6. The third-order valence-corrected chi connectivity index (χ3v) is 26.0. The lowest BCUT2D eigenvalue weighted by atomic mass is 10.1. The zero-order chi connectivity index (χ0) is 56.1. The van der Waals surface area contributed by atoms with Gasteiger partial charge in [-0.3, -0.25) is 23.7 Å². The zero-order valence-corrected chi connectivity index (χ0v) is 49.5. The highest BCUT2D eigenvalue weighted by atomic mass is 31.2. The number of imidazole rings is 1. The van der Waals surface area contributed by atoms with Gasteiger partial charge in [0, 0.05) is 36.7 Å². The molecule has 0 aliphatic carbocycles. The van der Waals surface area contributed by atoms with E-state index in [9.17, 15) is 14.4 Å². The fourth-order valence-corrected chi connectivity index (χ4v) is 17.2. The van der Waals surface area contributed by atoms with Gasteiger partial charge >= 0.3 is 14.3 Å². The number of benzene rings is 4. The van der Waals surface area contributed by atoms with Crippen LogP contribution in [-0.4, -0.2) is 103 Å². The minimum absolute atomic E-state index is 0.0273. The molecule has 4 aromatic carbocycles. The first kappa shape index (κ1) is 57.8. The molecule has 3 N–H and O–H groups in total. The monoisotopic (exact) mass is 1130 g/mol. The molecule has 0 bridgehead atoms. The number of aromatic amines is 1. The molecule has 2 saturated heterocycles. The van der Waals surface area contributed by atoms with E-state index in [1.165, 1.54) is 17.1 Å². The number of fused-ring (bicyclic) bond motifs is 1. The van der Waals surface area contributed by atoms with Gasteiger partial charge in [0.2, 0.25) is 0 Å². The molecule has 7 aromatic rings. The highest BCUT2D eigenvalue weighted by molar-refractivity contribution is 7.41. The first-order valence-electron chi connectivity index (χ1n) is 26.8. The van der Waals surface area contributed by atoms with Gasteiger partial charge in [0.15, 0.2) is 25.3 Å². The van der Waals surface area contributed by atoms with Crippen LogP contribution < -0.4 is 32.3 Å². The predicted molar refractivity (Wildman–Crippen MR) is 310 cm³/mol. The number of amides is 1. The first-order chi connectivity index (χ1) is 37.8. The van der Waals surface area contributed by atoms with Crippen molar-refractivity contribution in [3.05, 3.63) is 178 Å². The molecule has 0 spiro atoms. The van der Waals surface area contributed by atoms with Crippen LogP contribution in [0.25, 0.3) is 11.2 Å². The van der Waals surface area contributed by atoms with Crippen LogP contribution in [0.2, 0.25) is 23.2 Å². The van der Waals surface area contributed by atoms with E-state index in [0.717, 1.165) is 15.9 Å². The summed E-state index contributed by atoms with van der Waals surface area (Å²) in [5.41, 5.74) is 1.56. The van der Waals surface area contributed by atoms with Crippen LogP contribution in [0.5, 0.6) is 0 Å². The van der Waals surface area contributed by atoms with E-state index >= 15 is 0 Å². The van der Waals surface area contributed by atoms with Crippen LogP contribution in [0.3, 0.4) is 0 Å². The molecule has 0 saturated carbocycles. The molecule has 0 radical (unpaired) electrons. The molecule has 0 unspecified atom stereocenters. The summed E-state index contributed by atoms with van der Waals surface area (Å²) in [6.07, 6.45) is 0.672. The van der Waals surface area contributed by atoms with Crippen molar-refractivity contribution in [2.45, 2.75) is 127 Å². The molecular formula is C58H73N8O10PSi2. The van der Waals surface area contributed by atoms with Crippen molar-refractivity contribution in [1.29, 1.82) is 0 Å². The fraction of sp³-hybridized carbons (Fsp3) is 0.414. The number of rotatable bonds is 21. The van der Waals surface area contributed by atoms with Gasteiger partial charge in [0.1, 0.15) is 37.1 Å². The lowest BCUT2D eigenvalue weighted by Crippen LogP contribution is -2.67. The number of nitrogens with one attached hydrogen (secondary N) is 3. The Morgan fingerprint density at radius 3 is 1.96 bits per heavy atom. The fourth-order valence-electron chi connectivity index (χ4n) is 10.0. The van der Waals surface area contributed by atoms with Gasteiger partial charge in [-0.05, 0) is 65.2 Å². The molecule has 18 nitrogen and oxygen atoms in total. The van der Waals surface area contributed by atoms with Crippen LogP contribution in [0.4, 0.5) is 5.82 Å². The lowest BCUT2D eigenvalue weighted by molar-refractivity contribution is -0.0528. The van der Waals surface area contributed by atoms with Crippen LogP contribution in [0, 0.1) is 6.92 Å². The largest absolute Gasteiger partial charge is 0.411 e. The van der Waals surface area contributed by atoms with Crippen molar-refractivity contribution < 1.29 is 36.7 Å². The molecular weight excluding hydrogens is 1060 g/mol. The van der Waals surface area contributed by atoms with Gasteiger partial charge in [-0.15, -0.1) is 0 Å². The normalized spacial score (nSPS) is 20.8. The van der Waals surface area contributed by atoms with Gasteiger partial charge < -0.3 is 42.5 Å². The van der Waals surface area contributed by atoms with Crippen LogP contribution in [0.1, 0.15) is 94.4 Å². The Hall–Kier alpha value is -5.88. The minimum atomic E-state index is -3.12. The van der Waals surface area contributed by atoms with Crippen LogP contribution in [0.15, 0.2) is 150 Å². The predicted octanol–water partition coefficient (Wildman–Crippen LogP) is 9.09. The number of hydrogen-bond acceptors (Lipinski definition) is 14. The number of aryl methyl sites for hydroxylation is 1. The van der Waals surface area contributed by atoms with E-state index in [-0.39, 0.29) is 41.4 Å². The van der Waals surface area contributed by atoms with Crippen LogP contribution in [-0.2, 0) is 31.9 Å². The van der Waals surface area contributed by atoms with Gasteiger partial charge in [0.05, 0.1) is 31.7 Å². The van der Waals surface area contributed by atoms with E-state index in [1.807, 2.05) is 60.1 Å². The summed E-state index contributed by atoms with van der Waals surface area (Å²) in [6.45, 7) is 19.8. The molecule has 2 aliphatic heterocycles. The van der Waals surface area contributed by atoms with Crippen molar-refractivity contribution in [3.63, 3.8) is 0 Å². The molecule has 1 amide bonds. The van der Waals surface area contributed by atoms with Crippen molar-refractivity contribution in [1.82, 2.24) is 34.4 Å². The molecule has 418 valence electrons. The number of carbonyl (C=O) groups excluding carboxylic acids is 1. The second kappa shape index (κ2) is 24.5. The Labute approximate surface area is 464 Å². The van der Waals surface area contributed by atoms with Crippen molar-refractivity contribution >= 4 is 58.5 Å². The Bertz CT molecular complexity index is 3230. The number of aromatic nitrogens is 6. The van der Waals surface area contributed by atoms with Crippen molar-refractivity contribution in [3.8, 4) is 0 Å². The SMILES string of the molecule is CNC[C@H](O[P@](OC[C@H]1O[C@@H](n2cc(C)c(=O)[nH]c2=O)C[C@@H]1O[Si](C)(C)C(C)(C)C)O[C@H]1C[C@H](n2cnc3c(NC(=O)c4ccccc4)ncnc32)O[C@@H]1CO[Si](c1ccccc1)(c1ccccc1)C(C)(C)C)c1ccccc1. The second-order valence-corrected chi connectivity index (χ2v) is 32.9. The summed E-state index contributed by atoms with van der Waals surface area (Å²) >= 11 is 0. The number of H-pyrrole nitrogens is 1. The maximum atomic E-state index is 13.4. The van der Waals surface area contributed by atoms with Crippen molar-refractivity contribution in [2.24, 2.45) is 0 Å². The average Bonchev–Trinajstić information content (AvgIpc) is 4.35. The van der Waals surface area contributed by atoms with Crippen LogP contribution >= 0.6 is 8.60 Å². The number of likely N-dealkylation sites (N-methyl/N-ethyl adjacent to an activating group) is 1. The maximum Gasteiger partial charge on any atom is 0.333 e. The van der Waals surface area contributed by atoms with E-state index in [2.05, 4.69) is 129 Å². The van der Waals surface area contributed by atoms with E-state index in [4.69, 9.17) is 36.9 Å². The van der Waals surface area contributed by atoms with E-state index in [0.29, 0.717) is 35.3 Å². The molecule has 21 heteroatoms. The van der Waals surface area contributed by atoms with E-state index < -0.39 is 79.5 Å². The summed E-state index contributed by atoms with van der Waals surface area (Å²) < 4.78 is 53.0. The quantitative estimate of drug-likeness (QED) is 0.0454. The van der Waals surface area contributed by atoms with Gasteiger partial charge in [-0.25, -0.2) is 19.7 Å². The third-order valence-electron chi connectivity index (χ3n) is 15.2. The molecule has 5 heterocycles. The molecule has 8 atom stereocenters. The highest BCUT2D eigenvalue weighted by Gasteiger charge is 2.52.